The summed E-state index contributed by atoms with van der Waals surface area (Å²) in [5.74, 6) is 0.108. The average molecular weight is 318 g/mol. The minimum Gasteiger partial charge on any atom is -0.355 e. The molecular weight excluding hydrogens is 288 g/mol. The number of rotatable bonds is 9. The Morgan fingerprint density at radius 3 is 2.13 bits per heavy atom. The van der Waals surface area contributed by atoms with Crippen LogP contribution in [0.4, 0.5) is 0 Å². The summed E-state index contributed by atoms with van der Waals surface area (Å²) < 4.78 is 0. The first kappa shape index (κ1) is 19.2. The first-order chi connectivity index (χ1) is 10.8. The smallest absolute Gasteiger partial charge is 0.235 e. The van der Waals surface area contributed by atoms with Gasteiger partial charge in [0.05, 0.1) is 0 Å². The van der Waals surface area contributed by atoms with Crippen molar-refractivity contribution in [3.8, 4) is 0 Å². The molecule has 0 heterocycles. The van der Waals surface area contributed by atoms with Crippen LogP contribution in [0.3, 0.4) is 0 Å². The van der Waals surface area contributed by atoms with E-state index in [1.807, 2.05) is 18.2 Å². The molecule has 2 N–H and O–H groups in total. The average Bonchev–Trinajstić information content (AvgIpc) is 2.51. The van der Waals surface area contributed by atoms with E-state index in [9.17, 15) is 9.59 Å². The van der Waals surface area contributed by atoms with Crippen LogP contribution in [-0.2, 0) is 16.0 Å². The van der Waals surface area contributed by atoms with Crippen LogP contribution in [0.1, 0.15) is 46.1 Å². The van der Waals surface area contributed by atoms with Gasteiger partial charge >= 0.3 is 0 Å². The van der Waals surface area contributed by atoms with E-state index >= 15 is 0 Å². The first-order valence-electron chi connectivity index (χ1n) is 8.44. The van der Waals surface area contributed by atoms with Gasteiger partial charge in [-0.2, -0.15) is 0 Å². The third-order valence-electron chi connectivity index (χ3n) is 3.91. The van der Waals surface area contributed by atoms with Crippen molar-refractivity contribution >= 4 is 11.8 Å². The topological polar surface area (TPSA) is 58.2 Å². The molecule has 0 unspecified atom stereocenters. The van der Waals surface area contributed by atoms with Crippen LogP contribution in [0.5, 0.6) is 0 Å². The Labute approximate surface area is 140 Å². The molecule has 1 aromatic rings. The molecule has 0 saturated heterocycles. The lowest BCUT2D eigenvalue weighted by atomic mass is 9.91. The molecule has 0 radical (unpaired) electrons. The van der Waals surface area contributed by atoms with Gasteiger partial charge in [-0.15, -0.1) is 0 Å². The van der Waals surface area contributed by atoms with E-state index in [0.29, 0.717) is 19.0 Å². The molecule has 0 atom stereocenters. The van der Waals surface area contributed by atoms with Gasteiger partial charge in [0.15, 0.2) is 0 Å². The third-order valence-corrected chi connectivity index (χ3v) is 3.91. The monoisotopic (exact) mass is 318 g/mol. The summed E-state index contributed by atoms with van der Waals surface area (Å²) in [6, 6.07) is 10.2. The van der Waals surface area contributed by atoms with Gasteiger partial charge in [0.2, 0.25) is 11.8 Å². The van der Waals surface area contributed by atoms with Gasteiger partial charge in [-0.1, -0.05) is 44.2 Å². The summed E-state index contributed by atoms with van der Waals surface area (Å²) in [4.78, 5) is 24.4. The van der Waals surface area contributed by atoms with Crippen LogP contribution < -0.4 is 10.6 Å². The molecule has 1 rings (SSSR count). The van der Waals surface area contributed by atoms with Gasteiger partial charge in [0, 0.05) is 13.1 Å². The standard InChI is InChI=1S/C19H30N2O2/c1-15(2)12-14-21-18(23)19(3,4)17(22)20-13-8-11-16-9-6-5-7-10-16/h5-7,9-10,15H,8,11-14H2,1-4H3,(H,20,22)(H,21,23). The number of amides is 2. The Morgan fingerprint density at radius 1 is 1.00 bits per heavy atom. The molecule has 128 valence electrons. The second-order valence-corrected chi connectivity index (χ2v) is 6.91. The minimum absolute atomic E-state index is 0.210. The second kappa shape index (κ2) is 9.33. The normalized spacial score (nSPS) is 11.3. The Balaban J connectivity index is 2.32. The van der Waals surface area contributed by atoms with Crippen molar-refractivity contribution in [3.63, 3.8) is 0 Å². The molecule has 0 aromatic heterocycles. The van der Waals surface area contributed by atoms with E-state index in [1.54, 1.807) is 13.8 Å². The summed E-state index contributed by atoms with van der Waals surface area (Å²) in [6.45, 7) is 8.75. The van der Waals surface area contributed by atoms with E-state index in [-0.39, 0.29) is 11.8 Å². The molecule has 4 nitrogen and oxygen atoms in total. The van der Waals surface area contributed by atoms with Crippen LogP contribution in [-0.4, -0.2) is 24.9 Å². The predicted octanol–water partition coefficient (Wildman–Crippen LogP) is 2.92. The Hall–Kier alpha value is -1.84. The van der Waals surface area contributed by atoms with E-state index in [0.717, 1.165) is 19.3 Å². The summed E-state index contributed by atoms with van der Waals surface area (Å²) in [7, 11) is 0. The van der Waals surface area contributed by atoms with Crippen molar-refractivity contribution in [2.24, 2.45) is 11.3 Å². The van der Waals surface area contributed by atoms with E-state index in [4.69, 9.17) is 0 Å². The van der Waals surface area contributed by atoms with Gasteiger partial charge in [-0.05, 0) is 44.6 Å². The molecule has 0 spiro atoms. The van der Waals surface area contributed by atoms with Crippen molar-refractivity contribution in [3.05, 3.63) is 35.9 Å². The maximum Gasteiger partial charge on any atom is 0.235 e. The zero-order valence-corrected chi connectivity index (χ0v) is 14.8. The SMILES string of the molecule is CC(C)CCNC(=O)C(C)(C)C(=O)NCCCc1ccccc1. The molecule has 0 fully saturated rings. The van der Waals surface area contributed by atoms with Gasteiger partial charge < -0.3 is 10.6 Å². The zero-order chi connectivity index (χ0) is 17.3. The van der Waals surface area contributed by atoms with Crippen molar-refractivity contribution < 1.29 is 9.59 Å². The lowest BCUT2D eigenvalue weighted by Crippen LogP contribution is -2.48. The van der Waals surface area contributed by atoms with Gasteiger partial charge in [0.1, 0.15) is 5.41 Å². The molecule has 0 aliphatic rings. The first-order valence-corrected chi connectivity index (χ1v) is 8.44. The minimum atomic E-state index is -1.04. The number of benzene rings is 1. The second-order valence-electron chi connectivity index (χ2n) is 6.91. The Morgan fingerprint density at radius 2 is 1.57 bits per heavy atom. The molecule has 2 amide bonds. The molecule has 0 saturated carbocycles. The fourth-order valence-corrected chi connectivity index (χ4v) is 2.16. The summed E-state index contributed by atoms with van der Waals surface area (Å²) in [5, 5.41) is 5.73. The number of hydrogen-bond donors (Lipinski definition) is 2. The summed E-state index contributed by atoms with van der Waals surface area (Å²) >= 11 is 0. The van der Waals surface area contributed by atoms with Crippen LogP contribution >= 0.6 is 0 Å². The molecule has 0 aliphatic heterocycles. The van der Waals surface area contributed by atoms with Crippen molar-refractivity contribution in [2.75, 3.05) is 13.1 Å². The molecular formula is C19H30N2O2. The van der Waals surface area contributed by atoms with E-state index in [2.05, 4.69) is 36.6 Å². The van der Waals surface area contributed by atoms with Gasteiger partial charge in [-0.25, -0.2) is 0 Å². The summed E-state index contributed by atoms with van der Waals surface area (Å²) in [5.41, 5.74) is 0.219. The Bertz CT molecular complexity index is 495. The highest BCUT2D eigenvalue weighted by molar-refractivity contribution is 6.04. The Kier molecular flexibility index (Phi) is 7.79. The number of carbonyl (C=O) groups excluding carboxylic acids is 2. The van der Waals surface area contributed by atoms with Gasteiger partial charge in [-0.3, -0.25) is 9.59 Å². The predicted molar refractivity (Wildman–Crippen MR) is 94.0 cm³/mol. The molecule has 0 bridgehead atoms. The lowest BCUT2D eigenvalue weighted by Gasteiger charge is -2.23. The molecule has 4 heteroatoms. The van der Waals surface area contributed by atoms with Crippen molar-refractivity contribution in [2.45, 2.75) is 47.0 Å². The number of carbonyl (C=O) groups is 2. The quantitative estimate of drug-likeness (QED) is 0.543. The van der Waals surface area contributed by atoms with Crippen LogP contribution in [0.15, 0.2) is 30.3 Å². The number of aryl methyl sites for hydroxylation is 1. The van der Waals surface area contributed by atoms with Crippen molar-refractivity contribution in [1.82, 2.24) is 10.6 Å². The van der Waals surface area contributed by atoms with Crippen LogP contribution in [0, 0.1) is 11.3 Å². The maximum atomic E-state index is 12.2. The highest BCUT2D eigenvalue weighted by Gasteiger charge is 2.35. The van der Waals surface area contributed by atoms with Gasteiger partial charge in [0.25, 0.3) is 0 Å². The number of nitrogens with one attached hydrogen (secondary N) is 2. The van der Waals surface area contributed by atoms with Crippen LogP contribution in [0.25, 0.3) is 0 Å². The van der Waals surface area contributed by atoms with E-state index < -0.39 is 5.41 Å². The van der Waals surface area contributed by atoms with Crippen molar-refractivity contribution in [1.29, 1.82) is 0 Å². The molecule has 0 aliphatic carbocycles. The fourth-order valence-electron chi connectivity index (χ4n) is 2.16. The number of hydrogen-bond acceptors (Lipinski definition) is 2. The summed E-state index contributed by atoms with van der Waals surface area (Å²) in [6.07, 6.45) is 2.70. The highest BCUT2D eigenvalue weighted by Crippen LogP contribution is 2.15. The van der Waals surface area contributed by atoms with Crippen LogP contribution in [0.2, 0.25) is 0 Å². The molecule has 23 heavy (non-hydrogen) atoms. The highest BCUT2D eigenvalue weighted by atomic mass is 16.2. The van der Waals surface area contributed by atoms with E-state index in [1.165, 1.54) is 5.56 Å². The fraction of sp³-hybridized carbons (Fsp3) is 0.579. The largest absolute Gasteiger partial charge is 0.355 e. The lowest BCUT2D eigenvalue weighted by molar-refractivity contribution is -0.141. The maximum absolute atomic E-state index is 12.2. The molecule has 1 aromatic carbocycles. The zero-order valence-electron chi connectivity index (χ0n) is 14.8. The third kappa shape index (κ3) is 6.85.